The number of ether oxygens (including phenoxy) is 1. The molecule has 2 fully saturated rings. The van der Waals surface area contributed by atoms with Crippen LogP contribution in [0.5, 0.6) is 5.75 Å². The molecule has 6 nitrogen and oxygen atoms in total. The van der Waals surface area contributed by atoms with Crippen LogP contribution in [0.3, 0.4) is 0 Å². The fraction of sp³-hybridized carbons (Fsp3) is 0.565. The van der Waals surface area contributed by atoms with E-state index >= 15 is 0 Å². The molecule has 1 aromatic carbocycles. The number of anilines is 1. The minimum atomic E-state index is -0.587. The van der Waals surface area contributed by atoms with Crippen molar-refractivity contribution in [3.05, 3.63) is 42.0 Å². The van der Waals surface area contributed by atoms with Gasteiger partial charge in [-0.25, -0.2) is 14.4 Å². The Morgan fingerprint density at radius 1 is 1.16 bits per heavy atom. The minimum absolute atomic E-state index is 0.252. The van der Waals surface area contributed by atoms with Gasteiger partial charge in [0.05, 0.1) is 17.8 Å². The summed E-state index contributed by atoms with van der Waals surface area (Å²) in [5.41, 5.74) is 0.863. The van der Waals surface area contributed by atoms with Crippen molar-refractivity contribution in [2.75, 3.05) is 24.6 Å². The van der Waals surface area contributed by atoms with Gasteiger partial charge in [-0.2, -0.15) is 0 Å². The smallest absolute Gasteiger partial charge is 0.490 e. The maximum Gasteiger partial charge on any atom is 0.494 e. The number of rotatable bonds is 6. The summed E-state index contributed by atoms with van der Waals surface area (Å²) in [6.45, 7) is 12.1. The Morgan fingerprint density at radius 2 is 1.84 bits per heavy atom. The van der Waals surface area contributed by atoms with Crippen molar-refractivity contribution in [1.29, 1.82) is 0 Å². The van der Waals surface area contributed by atoms with Crippen molar-refractivity contribution in [2.45, 2.75) is 58.7 Å². The summed E-state index contributed by atoms with van der Waals surface area (Å²) >= 11 is 0. The third-order valence-electron chi connectivity index (χ3n) is 6.62. The number of halogens is 1. The Labute approximate surface area is 184 Å². The molecule has 2 aliphatic rings. The molecule has 31 heavy (non-hydrogen) atoms. The number of benzene rings is 1. The molecule has 0 amide bonds. The van der Waals surface area contributed by atoms with Gasteiger partial charge in [0.1, 0.15) is 0 Å². The molecule has 166 valence electrons. The van der Waals surface area contributed by atoms with Gasteiger partial charge in [-0.15, -0.1) is 0 Å². The average Bonchev–Trinajstić information content (AvgIpc) is 3.29. The van der Waals surface area contributed by atoms with Gasteiger partial charge in [0, 0.05) is 31.4 Å². The van der Waals surface area contributed by atoms with Gasteiger partial charge in [-0.05, 0) is 63.7 Å². The monoisotopic (exact) mass is 427 g/mol. The van der Waals surface area contributed by atoms with Crippen LogP contribution < -0.4 is 15.1 Å². The first-order chi connectivity index (χ1) is 14.7. The van der Waals surface area contributed by atoms with Crippen LogP contribution in [0.1, 0.15) is 46.6 Å². The number of aromatic nitrogens is 2. The zero-order chi connectivity index (χ0) is 22.2. The van der Waals surface area contributed by atoms with Gasteiger partial charge < -0.3 is 18.9 Å². The lowest BCUT2D eigenvalue weighted by Crippen LogP contribution is -2.41. The summed E-state index contributed by atoms with van der Waals surface area (Å²) in [5, 5.41) is 0. The maximum atomic E-state index is 14.7. The molecule has 2 aliphatic heterocycles. The highest BCUT2D eigenvalue weighted by molar-refractivity contribution is 6.62. The summed E-state index contributed by atoms with van der Waals surface area (Å²) < 4.78 is 32.5. The zero-order valence-corrected chi connectivity index (χ0v) is 19.0. The highest BCUT2D eigenvalue weighted by atomic mass is 19.1. The van der Waals surface area contributed by atoms with E-state index in [1.165, 1.54) is 6.07 Å². The molecule has 0 bridgehead atoms. The van der Waals surface area contributed by atoms with Crippen molar-refractivity contribution in [1.82, 2.24) is 9.97 Å². The average molecular weight is 427 g/mol. The van der Waals surface area contributed by atoms with Crippen LogP contribution in [0.2, 0.25) is 0 Å². The van der Waals surface area contributed by atoms with Crippen molar-refractivity contribution < 1.29 is 18.4 Å². The van der Waals surface area contributed by atoms with Crippen molar-refractivity contribution in [2.24, 2.45) is 5.92 Å². The fourth-order valence-corrected chi connectivity index (χ4v) is 3.81. The Balaban J connectivity index is 1.33. The van der Waals surface area contributed by atoms with E-state index < -0.39 is 24.1 Å². The summed E-state index contributed by atoms with van der Waals surface area (Å²) in [4.78, 5) is 11.1. The molecule has 1 aromatic heterocycles. The number of aryl methyl sites for hydroxylation is 1. The van der Waals surface area contributed by atoms with Gasteiger partial charge in [0.2, 0.25) is 5.95 Å². The van der Waals surface area contributed by atoms with Gasteiger partial charge in [-0.3, -0.25) is 0 Å². The van der Waals surface area contributed by atoms with Crippen LogP contribution in [-0.2, 0) is 15.7 Å². The van der Waals surface area contributed by atoms with E-state index in [9.17, 15) is 4.39 Å². The van der Waals surface area contributed by atoms with Crippen molar-refractivity contribution in [3.8, 4) is 5.75 Å². The molecule has 2 saturated heterocycles. The Kier molecular flexibility index (Phi) is 5.96. The van der Waals surface area contributed by atoms with E-state index in [1.807, 2.05) is 46.2 Å². The molecule has 0 unspecified atom stereocenters. The van der Waals surface area contributed by atoms with Crippen molar-refractivity contribution in [3.63, 3.8) is 0 Å². The molecule has 0 saturated carbocycles. The molecule has 0 aliphatic carbocycles. The van der Waals surface area contributed by atoms with E-state index in [1.54, 1.807) is 6.07 Å². The second kappa shape index (κ2) is 8.39. The predicted molar refractivity (Wildman–Crippen MR) is 119 cm³/mol. The van der Waals surface area contributed by atoms with E-state index in [2.05, 4.69) is 21.8 Å². The number of nitrogens with zero attached hydrogens (tertiary/aromatic N) is 3. The Morgan fingerprint density at radius 3 is 2.45 bits per heavy atom. The third-order valence-corrected chi connectivity index (χ3v) is 6.62. The van der Waals surface area contributed by atoms with Crippen LogP contribution in [0.4, 0.5) is 10.3 Å². The molecule has 0 radical (unpaired) electrons. The Hall–Kier alpha value is -2.19. The summed E-state index contributed by atoms with van der Waals surface area (Å²) in [6, 6.07) is 4.92. The molecule has 4 rings (SSSR count). The third kappa shape index (κ3) is 4.55. The first kappa shape index (κ1) is 22.0. The predicted octanol–water partition coefficient (Wildman–Crippen LogP) is 3.38. The zero-order valence-electron chi connectivity index (χ0n) is 19.0. The molecule has 2 aromatic rings. The van der Waals surface area contributed by atoms with Crippen LogP contribution in [-0.4, -0.2) is 48.0 Å². The van der Waals surface area contributed by atoms with Crippen LogP contribution in [0, 0.1) is 11.7 Å². The highest BCUT2D eigenvalue weighted by Crippen LogP contribution is 2.36. The molecular weight excluding hydrogens is 396 g/mol. The number of hydrogen-bond donors (Lipinski definition) is 0. The summed E-state index contributed by atoms with van der Waals surface area (Å²) in [7, 11) is -0.587. The quantitative estimate of drug-likeness (QED) is 0.659. The first-order valence-electron chi connectivity index (χ1n) is 11.0. The second-order valence-electron chi connectivity index (χ2n) is 9.43. The lowest BCUT2D eigenvalue weighted by atomic mass is 9.79. The summed E-state index contributed by atoms with van der Waals surface area (Å²) in [5.74, 6) is 0.900. The molecular formula is C23H31BFN3O3. The lowest BCUT2D eigenvalue weighted by Gasteiger charge is -2.32. The molecule has 0 spiro atoms. The van der Waals surface area contributed by atoms with E-state index in [-0.39, 0.29) is 5.75 Å². The van der Waals surface area contributed by atoms with Gasteiger partial charge in [0.25, 0.3) is 0 Å². The van der Waals surface area contributed by atoms with E-state index in [0.29, 0.717) is 18.0 Å². The van der Waals surface area contributed by atoms with Crippen LogP contribution in [0.15, 0.2) is 30.6 Å². The van der Waals surface area contributed by atoms with Gasteiger partial charge >= 0.3 is 7.12 Å². The van der Waals surface area contributed by atoms with Gasteiger partial charge in [0.15, 0.2) is 11.6 Å². The summed E-state index contributed by atoms with van der Waals surface area (Å²) in [6.07, 6.45) is 5.65. The standard InChI is InChI=1S/C23H31BFN3O3/c1-6-16-12-26-21(27-13-16)28-10-9-17(14-28)15-29-20-8-7-18(11-19(20)25)24-30-22(2,3)23(4,5)31-24/h7-8,11-13,17H,6,9-10,14-15H2,1-5H3/t17-/m0/s1. The topological polar surface area (TPSA) is 56.7 Å². The van der Waals surface area contributed by atoms with Crippen LogP contribution in [0.25, 0.3) is 0 Å². The van der Waals surface area contributed by atoms with Crippen molar-refractivity contribution >= 4 is 18.5 Å². The fourth-order valence-electron chi connectivity index (χ4n) is 3.81. The molecule has 1 atom stereocenters. The largest absolute Gasteiger partial charge is 0.494 e. The minimum Gasteiger partial charge on any atom is -0.490 e. The first-order valence-corrected chi connectivity index (χ1v) is 11.0. The van der Waals surface area contributed by atoms with Crippen LogP contribution >= 0.6 is 0 Å². The molecule has 3 heterocycles. The molecule has 0 N–H and O–H groups in total. The molecule has 8 heteroatoms. The highest BCUT2D eigenvalue weighted by Gasteiger charge is 2.51. The maximum absolute atomic E-state index is 14.7. The van der Waals surface area contributed by atoms with E-state index in [4.69, 9.17) is 14.0 Å². The van der Waals surface area contributed by atoms with E-state index in [0.717, 1.165) is 37.4 Å². The second-order valence-corrected chi connectivity index (χ2v) is 9.43. The van der Waals surface area contributed by atoms with Gasteiger partial charge in [-0.1, -0.05) is 13.0 Å². The normalized spacial score (nSPS) is 22.2. The number of hydrogen-bond acceptors (Lipinski definition) is 6. The SMILES string of the molecule is CCc1cnc(N2CC[C@H](COc3ccc(B4OC(C)(C)C(C)(C)O4)cc3F)C2)nc1. The lowest BCUT2D eigenvalue weighted by molar-refractivity contribution is 0.00578. The Bertz CT molecular complexity index is 907.